The first kappa shape index (κ1) is 14.4. The number of benzene rings is 2. The molecular weight excluding hydrogens is 276 g/mol. The number of anilines is 1. The van der Waals surface area contributed by atoms with Gasteiger partial charge in [0.2, 0.25) is 0 Å². The van der Waals surface area contributed by atoms with Gasteiger partial charge < -0.3 is 15.0 Å². The van der Waals surface area contributed by atoms with Crippen LogP contribution in [0, 0.1) is 6.92 Å². The number of amides is 1. The van der Waals surface area contributed by atoms with Crippen molar-refractivity contribution in [3.8, 4) is 5.75 Å². The number of para-hydroxylation sites is 2. The summed E-state index contributed by atoms with van der Waals surface area (Å²) in [4.78, 5) is 14.2. The zero-order valence-electron chi connectivity index (χ0n) is 12.9. The third-order valence-electron chi connectivity index (χ3n) is 4.02. The molecule has 1 aliphatic heterocycles. The fourth-order valence-corrected chi connectivity index (χ4v) is 2.75. The summed E-state index contributed by atoms with van der Waals surface area (Å²) in [5, 5.41) is 2.67. The van der Waals surface area contributed by atoms with Crippen molar-refractivity contribution >= 4 is 11.6 Å². The van der Waals surface area contributed by atoms with Gasteiger partial charge in [0, 0.05) is 13.6 Å². The van der Waals surface area contributed by atoms with Crippen molar-refractivity contribution in [1.82, 2.24) is 5.32 Å². The van der Waals surface area contributed by atoms with Gasteiger partial charge in [-0.3, -0.25) is 4.79 Å². The van der Waals surface area contributed by atoms with Gasteiger partial charge in [-0.1, -0.05) is 36.4 Å². The van der Waals surface area contributed by atoms with Gasteiger partial charge in [-0.15, -0.1) is 0 Å². The van der Waals surface area contributed by atoms with E-state index < -0.39 is 6.10 Å². The second-order valence-corrected chi connectivity index (χ2v) is 5.50. The van der Waals surface area contributed by atoms with Gasteiger partial charge in [0.05, 0.1) is 12.2 Å². The van der Waals surface area contributed by atoms with E-state index in [2.05, 4.69) is 29.3 Å². The molecule has 0 spiro atoms. The van der Waals surface area contributed by atoms with Gasteiger partial charge >= 0.3 is 0 Å². The van der Waals surface area contributed by atoms with E-state index in [1.54, 1.807) is 7.05 Å². The zero-order valence-corrected chi connectivity index (χ0v) is 12.9. The number of hydrogen-bond acceptors (Lipinski definition) is 3. The largest absolute Gasteiger partial charge is 0.477 e. The lowest BCUT2D eigenvalue weighted by atomic mass is 10.1. The number of aryl methyl sites for hydroxylation is 1. The fourth-order valence-electron chi connectivity index (χ4n) is 2.75. The van der Waals surface area contributed by atoms with Crippen molar-refractivity contribution in [3.05, 3.63) is 59.7 Å². The van der Waals surface area contributed by atoms with Crippen LogP contribution in [0.4, 0.5) is 5.69 Å². The second-order valence-electron chi connectivity index (χ2n) is 5.50. The summed E-state index contributed by atoms with van der Waals surface area (Å²) in [7, 11) is 1.64. The molecule has 2 aromatic rings. The quantitative estimate of drug-likeness (QED) is 0.946. The van der Waals surface area contributed by atoms with Crippen molar-refractivity contribution in [3.63, 3.8) is 0 Å². The molecule has 0 bridgehead atoms. The first-order valence-electron chi connectivity index (χ1n) is 7.46. The Morgan fingerprint density at radius 3 is 2.73 bits per heavy atom. The molecule has 0 aromatic heterocycles. The Labute approximate surface area is 130 Å². The molecule has 4 nitrogen and oxygen atoms in total. The molecule has 0 unspecified atom stereocenters. The molecule has 2 aromatic carbocycles. The average Bonchev–Trinajstić information content (AvgIpc) is 2.56. The van der Waals surface area contributed by atoms with Gasteiger partial charge in [-0.25, -0.2) is 0 Å². The lowest BCUT2D eigenvalue weighted by molar-refractivity contribution is -0.127. The van der Waals surface area contributed by atoms with Crippen molar-refractivity contribution in [2.45, 2.75) is 19.6 Å². The Morgan fingerprint density at radius 1 is 1.23 bits per heavy atom. The number of nitrogens with zero attached hydrogens (tertiary/aromatic N) is 1. The Hall–Kier alpha value is -2.49. The lowest BCUT2D eigenvalue weighted by Crippen LogP contribution is -2.48. The smallest absolute Gasteiger partial charge is 0.262 e. The standard InChI is InChI=1S/C18H20N2O2/c1-13-7-3-4-8-14(13)11-20-12-17(18(21)19-2)22-16-10-6-5-9-15(16)20/h3-10,17H,11-12H2,1-2H3,(H,19,21)/t17-/m1/s1. The van der Waals surface area contributed by atoms with E-state index in [0.717, 1.165) is 18.0 Å². The molecule has 22 heavy (non-hydrogen) atoms. The number of carbonyl (C=O) groups excluding carboxylic acids is 1. The molecule has 1 heterocycles. The second kappa shape index (κ2) is 6.10. The number of carbonyl (C=O) groups is 1. The third-order valence-corrected chi connectivity index (χ3v) is 4.02. The Balaban J connectivity index is 1.92. The molecule has 1 amide bonds. The molecular formula is C18H20N2O2. The van der Waals surface area contributed by atoms with Crippen LogP contribution in [0.25, 0.3) is 0 Å². The summed E-state index contributed by atoms with van der Waals surface area (Å²) in [6.07, 6.45) is -0.482. The zero-order chi connectivity index (χ0) is 15.5. The molecule has 3 rings (SSSR count). The van der Waals surface area contributed by atoms with E-state index in [4.69, 9.17) is 4.74 Å². The number of ether oxygens (including phenoxy) is 1. The Morgan fingerprint density at radius 2 is 1.95 bits per heavy atom. The molecule has 1 aliphatic rings. The number of likely N-dealkylation sites (N-methyl/N-ethyl adjacent to an activating group) is 1. The van der Waals surface area contributed by atoms with E-state index >= 15 is 0 Å². The number of nitrogens with one attached hydrogen (secondary N) is 1. The molecule has 0 saturated carbocycles. The van der Waals surface area contributed by atoms with Crippen LogP contribution in [0.1, 0.15) is 11.1 Å². The molecule has 1 N–H and O–H groups in total. The van der Waals surface area contributed by atoms with Gasteiger partial charge in [-0.2, -0.15) is 0 Å². The van der Waals surface area contributed by atoms with E-state index in [0.29, 0.717) is 6.54 Å². The maximum atomic E-state index is 12.0. The highest BCUT2D eigenvalue weighted by molar-refractivity contribution is 5.83. The van der Waals surface area contributed by atoms with Crippen LogP contribution >= 0.6 is 0 Å². The maximum Gasteiger partial charge on any atom is 0.262 e. The van der Waals surface area contributed by atoms with Crippen LogP contribution in [0.3, 0.4) is 0 Å². The molecule has 114 valence electrons. The minimum Gasteiger partial charge on any atom is -0.477 e. The van der Waals surface area contributed by atoms with Crippen molar-refractivity contribution in [1.29, 1.82) is 0 Å². The van der Waals surface area contributed by atoms with Crippen molar-refractivity contribution in [2.24, 2.45) is 0 Å². The van der Waals surface area contributed by atoms with E-state index in [9.17, 15) is 4.79 Å². The summed E-state index contributed by atoms with van der Waals surface area (Å²) < 4.78 is 5.83. The summed E-state index contributed by atoms with van der Waals surface area (Å²) in [6.45, 7) is 3.42. The van der Waals surface area contributed by atoms with Crippen molar-refractivity contribution < 1.29 is 9.53 Å². The van der Waals surface area contributed by atoms with E-state index in [1.165, 1.54) is 11.1 Å². The van der Waals surface area contributed by atoms with Gasteiger partial charge in [-0.05, 0) is 30.2 Å². The summed E-state index contributed by atoms with van der Waals surface area (Å²) >= 11 is 0. The first-order chi connectivity index (χ1) is 10.7. The van der Waals surface area contributed by atoms with Crippen LogP contribution in [0.15, 0.2) is 48.5 Å². The lowest BCUT2D eigenvalue weighted by Gasteiger charge is -2.35. The minimum atomic E-state index is -0.482. The summed E-state index contributed by atoms with van der Waals surface area (Å²) in [6, 6.07) is 16.2. The highest BCUT2D eigenvalue weighted by Gasteiger charge is 2.30. The molecule has 0 saturated heterocycles. The van der Waals surface area contributed by atoms with E-state index in [-0.39, 0.29) is 5.91 Å². The van der Waals surface area contributed by atoms with Crippen LogP contribution in [0.2, 0.25) is 0 Å². The molecule has 0 radical (unpaired) electrons. The maximum absolute atomic E-state index is 12.0. The molecule has 0 fully saturated rings. The third kappa shape index (κ3) is 2.77. The fraction of sp³-hybridized carbons (Fsp3) is 0.278. The SMILES string of the molecule is CNC(=O)[C@H]1CN(Cc2ccccc2C)c2ccccc2O1. The molecule has 1 atom stereocenters. The predicted molar refractivity (Wildman–Crippen MR) is 87.2 cm³/mol. The highest BCUT2D eigenvalue weighted by Crippen LogP contribution is 2.34. The monoisotopic (exact) mass is 296 g/mol. The highest BCUT2D eigenvalue weighted by atomic mass is 16.5. The number of hydrogen-bond donors (Lipinski definition) is 1. The topological polar surface area (TPSA) is 41.6 Å². The van der Waals surface area contributed by atoms with Crippen LogP contribution in [-0.2, 0) is 11.3 Å². The first-order valence-corrected chi connectivity index (χ1v) is 7.46. The van der Waals surface area contributed by atoms with Gasteiger partial charge in [0.25, 0.3) is 5.91 Å². The van der Waals surface area contributed by atoms with Crippen LogP contribution in [-0.4, -0.2) is 25.6 Å². The average molecular weight is 296 g/mol. The van der Waals surface area contributed by atoms with Crippen LogP contribution in [0.5, 0.6) is 5.75 Å². The van der Waals surface area contributed by atoms with Crippen molar-refractivity contribution in [2.75, 3.05) is 18.5 Å². The number of rotatable bonds is 3. The van der Waals surface area contributed by atoms with Crippen LogP contribution < -0.4 is 15.0 Å². The van der Waals surface area contributed by atoms with Gasteiger partial charge in [0.15, 0.2) is 6.10 Å². The predicted octanol–water partition coefficient (Wildman–Crippen LogP) is 2.51. The molecule has 0 aliphatic carbocycles. The summed E-state index contributed by atoms with van der Waals surface area (Å²) in [5.41, 5.74) is 3.55. The Kier molecular flexibility index (Phi) is 4.00. The normalized spacial score (nSPS) is 16.6. The van der Waals surface area contributed by atoms with Gasteiger partial charge in [0.1, 0.15) is 5.75 Å². The Bertz CT molecular complexity index is 684. The minimum absolute atomic E-state index is 0.0933. The van der Waals surface area contributed by atoms with E-state index in [1.807, 2.05) is 36.4 Å². The number of fused-ring (bicyclic) bond motifs is 1. The molecule has 4 heteroatoms. The summed E-state index contributed by atoms with van der Waals surface area (Å²) in [5.74, 6) is 0.667.